The molecule has 0 radical (unpaired) electrons. The second kappa shape index (κ2) is 8.16. The maximum Gasteiger partial charge on any atom is 0.243 e. The van der Waals surface area contributed by atoms with E-state index in [0.717, 1.165) is 10.6 Å². The van der Waals surface area contributed by atoms with Crippen LogP contribution in [-0.2, 0) is 14.8 Å². The molecule has 130 valence electrons. The smallest absolute Gasteiger partial charge is 0.243 e. The highest BCUT2D eigenvalue weighted by Crippen LogP contribution is 2.23. The van der Waals surface area contributed by atoms with Crippen LogP contribution in [0.25, 0.3) is 0 Å². The molecule has 0 spiro atoms. The average Bonchev–Trinajstić information content (AvgIpc) is 2.46. The first-order valence-corrected chi connectivity index (χ1v) is 9.07. The Bertz CT molecular complexity index is 614. The van der Waals surface area contributed by atoms with E-state index in [2.05, 4.69) is 5.32 Å². The Hall–Kier alpha value is -1.80. The molecule has 0 aliphatic rings. The van der Waals surface area contributed by atoms with Gasteiger partial charge >= 0.3 is 0 Å². The minimum absolute atomic E-state index is 0.340. The summed E-state index contributed by atoms with van der Waals surface area (Å²) in [5.41, 5.74) is 0.420. The number of rotatable bonds is 8. The number of carbonyl (C=O) groups is 1. The summed E-state index contributed by atoms with van der Waals surface area (Å²) in [5, 5.41) is 2.75. The highest BCUT2D eigenvalue weighted by Gasteiger charge is 2.28. The minimum atomic E-state index is -3.60. The van der Waals surface area contributed by atoms with Gasteiger partial charge in [0.25, 0.3) is 0 Å². The predicted octanol–water partition coefficient (Wildman–Crippen LogP) is 0.528. The summed E-state index contributed by atoms with van der Waals surface area (Å²) in [7, 11) is 1.73. The molecule has 1 rings (SSSR count). The van der Waals surface area contributed by atoms with E-state index < -0.39 is 16.1 Å². The van der Waals surface area contributed by atoms with E-state index >= 15 is 0 Å². The van der Waals surface area contributed by atoms with Gasteiger partial charge < -0.3 is 15.0 Å². The molecule has 0 unspecified atom stereocenters. The monoisotopic (exact) mass is 343 g/mol. The van der Waals surface area contributed by atoms with Crippen LogP contribution >= 0.6 is 0 Å². The summed E-state index contributed by atoms with van der Waals surface area (Å²) in [4.78, 5) is 14.2. The van der Waals surface area contributed by atoms with Crippen LogP contribution in [0.4, 0.5) is 5.69 Å². The lowest BCUT2D eigenvalue weighted by Gasteiger charge is -2.28. The third-order valence-electron chi connectivity index (χ3n) is 3.27. The fraction of sp³-hybridized carbons (Fsp3) is 0.533. The summed E-state index contributed by atoms with van der Waals surface area (Å²) >= 11 is 0. The van der Waals surface area contributed by atoms with Crippen molar-refractivity contribution in [1.29, 1.82) is 0 Å². The molecule has 0 heterocycles. The number of nitrogens with zero attached hydrogens (tertiary/aromatic N) is 2. The molecule has 23 heavy (non-hydrogen) atoms. The van der Waals surface area contributed by atoms with Crippen LogP contribution in [0.5, 0.6) is 5.75 Å². The Morgan fingerprint density at radius 2 is 1.83 bits per heavy atom. The number of anilines is 1. The maximum absolute atomic E-state index is 12.2. The second-order valence-electron chi connectivity index (χ2n) is 5.53. The lowest BCUT2D eigenvalue weighted by Crippen LogP contribution is -2.48. The Balaban J connectivity index is 2.95. The Labute approximate surface area is 138 Å². The van der Waals surface area contributed by atoms with E-state index in [1.807, 2.05) is 19.0 Å². The summed E-state index contributed by atoms with van der Waals surface area (Å²) in [5.74, 6) is 0.276. The summed E-state index contributed by atoms with van der Waals surface area (Å²) < 4.78 is 30.4. The predicted molar refractivity (Wildman–Crippen MR) is 91.3 cm³/mol. The number of hydrogen-bond acceptors (Lipinski definition) is 5. The van der Waals surface area contributed by atoms with Gasteiger partial charge in [-0.1, -0.05) is 0 Å². The Morgan fingerprint density at radius 3 is 2.26 bits per heavy atom. The van der Waals surface area contributed by atoms with Gasteiger partial charge in [0, 0.05) is 13.1 Å². The van der Waals surface area contributed by atoms with Gasteiger partial charge in [-0.15, -0.1) is 0 Å². The Morgan fingerprint density at radius 1 is 1.26 bits per heavy atom. The molecule has 7 nitrogen and oxygen atoms in total. The second-order valence-corrected chi connectivity index (χ2v) is 7.39. The summed E-state index contributed by atoms with van der Waals surface area (Å²) in [6.07, 6.45) is 1.08. The van der Waals surface area contributed by atoms with Gasteiger partial charge in [0.05, 0.1) is 19.1 Å². The number of carbonyl (C=O) groups excluding carboxylic acids is 1. The van der Waals surface area contributed by atoms with Gasteiger partial charge in [-0.3, -0.25) is 9.10 Å². The van der Waals surface area contributed by atoms with Crippen LogP contribution < -0.4 is 14.4 Å². The van der Waals surface area contributed by atoms with Crippen LogP contribution in [0.1, 0.15) is 6.92 Å². The normalized spacial score (nSPS) is 12.8. The molecule has 1 atom stereocenters. The molecule has 1 aromatic carbocycles. The van der Waals surface area contributed by atoms with Crippen molar-refractivity contribution in [3.05, 3.63) is 24.3 Å². The van der Waals surface area contributed by atoms with E-state index in [1.165, 1.54) is 7.11 Å². The molecule has 1 N–H and O–H groups in total. The van der Waals surface area contributed by atoms with Gasteiger partial charge in [0.2, 0.25) is 15.9 Å². The average molecular weight is 343 g/mol. The fourth-order valence-electron chi connectivity index (χ4n) is 2.09. The highest BCUT2D eigenvalue weighted by molar-refractivity contribution is 7.92. The number of hydrogen-bond donors (Lipinski definition) is 1. The zero-order valence-electron chi connectivity index (χ0n) is 14.2. The van der Waals surface area contributed by atoms with Crippen molar-refractivity contribution < 1.29 is 17.9 Å². The third-order valence-corrected chi connectivity index (χ3v) is 4.52. The quantitative estimate of drug-likeness (QED) is 0.745. The van der Waals surface area contributed by atoms with Crippen LogP contribution in [0.3, 0.4) is 0 Å². The molecule has 1 aromatic rings. The first kappa shape index (κ1) is 19.2. The number of likely N-dealkylation sites (N-methyl/N-ethyl adjacent to an activating group) is 1. The summed E-state index contributed by atoms with van der Waals surface area (Å²) in [6, 6.07) is 5.70. The van der Waals surface area contributed by atoms with Crippen molar-refractivity contribution >= 4 is 21.6 Å². The number of benzene rings is 1. The van der Waals surface area contributed by atoms with Crippen molar-refractivity contribution in [1.82, 2.24) is 10.2 Å². The minimum Gasteiger partial charge on any atom is -0.497 e. The molecule has 0 aliphatic heterocycles. The van der Waals surface area contributed by atoms with E-state index in [-0.39, 0.29) is 5.91 Å². The number of amides is 1. The molecule has 8 heteroatoms. The van der Waals surface area contributed by atoms with Crippen molar-refractivity contribution in [2.45, 2.75) is 13.0 Å². The molecule has 0 aromatic heterocycles. The van der Waals surface area contributed by atoms with Gasteiger partial charge in [0.1, 0.15) is 11.8 Å². The number of methoxy groups -OCH3 is 1. The maximum atomic E-state index is 12.2. The third kappa shape index (κ3) is 5.72. The number of sulfonamides is 1. The van der Waals surface area contributed by atoms with Crippen molar-refractivity contribution in [2.24, 2.45) is 0 Å². The molecule has 1 amide bonds. The van der Waals surface area contributed by atoms with E-state index in [9.17, 15) is 13.2 Å². The van der Waals surface area contributed by atoms with Gasteiger partial charge in [0.15, 0.2) is 0 Å². The van der Waals surface area contributed by atoms with Crippen LogP contribution in [0, 0.1) is 0 Å². The highest BCUT2D eigenvalue weighted by atomic mass is 32.2. The molecular weight excluding hydrogens is 318 g/mol. The lowest BCUT2D eigenvalue weighted by atomic mass is 10.2. The van der Waals surface area contributed by atoms with E-state index in [4.69, 9.17) is 4.74 Å². The number of nitrogens with one attached hydrogen (secondary N) is 1. The zero-order valence-corrected chi connectivity index (χ0v) is 15.1. The van der Waals surface area contributed by atoms with Crippen LogP contribution in [0.15, 0.2) is 24.3 Å². The van der Waals surface area contributed by atoms with Crippen molar-refractivity contribution in [2.75, 3.05) is 44.9 Å². The molecule has 0 saturated carbocycles. The van der Waals surface area contributed by atoms with Gasteiger partial charge in [-0.25, -0.2) is 8.42 Å². The first-order valence-electron chi connectivity index (χ1n) is 7.22. The largest absolute Gasteiger partial charge is 0.497 e. The van der Waals surface area contributed by atoms with Crippen molar-refractivity contribution in [3.63, 3.8) is 0 Å². The van der Waals surface area contributed by atoms with Crippen LogP contribution in [-0.4, -0.2) is 65.8 Å². The fourth-order valence-corrected chi connectivity index (χ4v) is 3.26. The van der Waals surface area contributed by atoms with Gasteiger partial charge in [-0.05, 0) is 45.3 Å². The molecule has 0 aliphatic carbocycles. The standard InChI is InChI=1S/C15H25N3O4S/c1-12(15(19)16-10-11-17(2)3)18(23(5,20)21)13-6-8-14(22-4)9-7-13/h6-9,12H,10-11H2,1-5H3,(H,16,19)/t12-/m1/s1. The van der Waals surface area contributed by atoms with Crippen LogP contribution in [0.2, 0.25) is 0 Å². The lowest BCUT2D eigenvalue weighted by molar-refractivity contribution is -0.121. The Kier molecular flexibility index (Phi) is 6.83. The SMILES string of the molecule is COc1ccc(N([C@H](C)C(=O)NCCN(C)C)S(C)(=O)=O)cc1. The summed E-state index contributed by atoms with van der Waals surface area (Å²) in [6.45, 7) is 2.70. The van der Waals surface area contributed by atoms with E-state index in [1.54, 1.807) is 31.2 Å². The van der Waals surface area contributed by atoms with Crippen molar-refractivity contribution in [3.8, 4) is 5.75 Å². The zero-order chi connectivity index (χ0) is 17.6. The first-order chi connectivity index (χ1) is 10.7. The topological polar surface area (TPSA) is 79.0 Å². The van der Waals surface area contributed by atoms with E-state index in [0.29, 0.717) is 24.5 Å². The molecule has 0 saturated heterocycles. The molecular formula is C15H25N3O4S. The molecule has 0 bridgehead atoms. The number of ether oxygens (including phenoxy) is 1. The van der Waals surface area contributed by atoms with Gasteiger partial charge in [-0.2, -0.15) is 0 Å². The molecule has 0 fully saturated rings.